The number of non-ortho nitro benzene ring substituents is 1. The molecule has 0 aliphatic carbocycles. The van der Waals surface area contributed by atoms with Gasteiger partial charge in [0.1, 0.15) is 11.6 Å². The number of nitrogens with one attached hydrogen (secondary N) is 1. The number of esters is 1. The third-order valence-electron chi connectivity index (χ3n) is 4.05. The van der Waals surface area contributed by atoms with Crippen LogP contribution in [0.1, 0.15) is 33.3 Å². The van der Waals surface area contributed by atoms with E-state index in [-0.39, 0.29) is 18.7 Å². The van der Waals surface area contributed by atoms with Gasteiger partial charge in [-0.2, -0.15) is 0 Å². The van der Waals surface area contributed by atoms with E-state index in [4.69, 9.17) is 9.47 Å². The zero-order valence-electron chi connectivity index (χ0n) is 17.5. The molecule has 2 rings (SSSR count). The number of hydrogen-bond acceptors (Lipinski definition) is 6. The predicted octanol–water partition coefficient (Wildman–Crippen LogP) is 4.26. The maximum atomic E-state index is 12.3. The fraction of sp³-hybridized carbons (Fsp3) is 0.364. The number of hydrogen-bond donors (Lipinski definition) is 1. The molecular weight excluding hydrogens is 388 g/mol. The lowest BCUT2D eigenvalue weighted by atomic mass is 10.0. The van der Waals surface area contributed by atoms with Gasteiger partial charge in [-0.15, -0.1) is 0 Å². The molecule has 0 bridgehead atoms. The van der Waals surface area contributed by atoms with E-state index in [2.05, 4.69) is 5.32 Å². The Morgan fingerprint density at radius 1 is 1.10 bits per heavy atom. The summed E-state index contributed by atoms with van der Waals surface area (Å²) in [6.45, 7) is 7.09. The predicted molar refractivity (Wildman–Crippen MR) is 112 cm³/mol. The number of benzene rings is 2. The van der Waals surface area contributed by atoms with E-state index in [0.29, 0.717) is 5.56 Å². The van der Waals surface area contributed by atoms with Crippen LogP contribution in [-0.4, -0.2) is 35.2 Å². The Morgan fingerprint density at radius 2 is 1.77 bits per heavy atom. The number of amides is 1. The number of carbonyl (C=O) groups excluding carboxylic acids is 2. The van der Waals surface area contributed by atoms with Crippen molar-refractivity contribution >= 4 is 17.7 Å². The smallest absolute Gasteiger partial charge is 0.408 e. The monoisotopic (exact) mass is 414 g/mol. The van der Waals surface area contributed by atoms with Gasteiger partial charge in [-0.3, -0.25) is 10.1 Å². The van der Waals surface area contributed by atoms with Crippen molar-refractivity contribution in [3.63, 3.8) is 0 Å². The van der Waals surface area contributed by atoms with Gasteiger partial charge in [0.25, 0.3) is 5.69 Å². The number of alkyl carbamates (subject to hydrolysis) is 1. The molecule has 30 heavy (non-hydrogen) atoms. The van der Waals surface area contributed by atoms with Gasteiger partial charge in [-0.05, 0) is 44.4 Å². The minimum atomic E-state index is -0.900. The van der Waals surface area contributed by atoms with Gasteiger partial charge in [0.15, 0.2) is 0 Å². The van der Waals surface area contributed by atoms with Crippen molar-refractivity contribution < 1.29 is 24.0 Å². The zero-order valence-corrected chi connectivity index (χ0v) is 17.5. The van der Waals surface area contributed by atoms with E-state index in [0.717, 1.165) is 11.1 Å². The fourth-order valence-corrected chi connectivity index (χ4v) is 2.75. The summed E-state index contributed by atoms with van der Waals surface area (Å²) in [6.07, 6.45) is -0.485. The number of nitrogens with zero attached hydrogens (tertiary/aromatic N) is 1. The van der Waals surface area contributed by atoms with Crippen molar-refractivity contribution in [3.05, 3.63) is 64.2 Å². The van der Waals surface area contributed by atoms with Crippen LogP contribution in [0.2, 0.25) is 0 Å². The van der Waals surface area contributed by atoms with Crippen LogP contribution in [0.5, 0.6) is 0 Å². The second-order valence-electron chi connectivity index (χ2n) is 7.66. The van der Waals surface area contributed by atoms with Crippen LogP contribution in [0.25, 0.3) is 11.1 Å². The molecule has 0 aromatic heterocycles. The first-order chi connectivity index (χ1) is 14.1. The van der Waals surface area contributed by atoms with Gasteiger partial charge < -0.3 is 14.8 Å². The minimum absolute atomic E-state index is 0.0144. The SMILES string of the molecule is CCOC(=O)C(Cc1ccc(-c2cccc([N+](=O)[O-])c2)cc1)NC(=O)OC(C)(C)C. The normalized spacial score (nSPS) is 12.0. The second-order valence-corrected chi connectivity index (χ2v) is 7.66. The Kier molecular flexibility index (Phi) is 7.52. The lowest BCUT2D eigenvalue weighted by Crippen LogP contribution is -2.45. The molecule has 1 unspecified atom stereocenters. The first-order valence-electron chi connectivity index (χ1n) is 9.59. The molecule has 0 heterocycles. The molecule has 2 aromatic carbocycles. The van der Waals surface area contributed by atoms with E-state index in [1.165, 1.54) is 12.1 Å². The Labute approximate surface area is 175 Å². The van der Waals surface area contributed by atoms with Crippen molar-refractivity contribution in [1.82, 2.24) is 5.32 Å². The third kappa shape index (κ3) is 6.88. The van der Waals surface area contributed by atoms with Crippen molar-refractivity contribution in [2.45, 2.75) is 45.8 Å². The van der Waals surface area contributed by atoms with E-state index < -0.39 is 28.6 Å². The first-order valence-corrected chi connectivity index (χ1v) is 9.59. The maximum Gasteiger partial charge on any atom is 0.408 e. The number of carbonyl (C=O) groups is 2. The van der Waals surface area contributed by atoms with Crippen LogP contribution < -0.4 is 5.32 Å². The Morgan fingerprint density at radius 3 is 2.33 bits per heavy atom. The summed E-state index contributed by atoms with van der Waals surface area (Å²) < 4.78 is 10.3. The van der Waals surface area contributed by atoms with Crippen molar-refractivity contribution in [2.75, 3.05) is 6.61 Å². The fourth-order valence-electron chi connectivity index (χ4n) is 2.75. The quantitative estimate of drug-likeness (QED) is 0.412. The molecule has 0 aliphatic heterocycles. The molecular formula is C22H26N2O6. The van der Waals surface area contributed by atoms with Crippen molar-refractivity contribution in [3.8, 4) is 11.1 Å². The van der Waals surface area contributed by atoms with E-state index in [1.807, 2.05) is 12.1 Å². The van der Waals surface area contributed by atoms with Gasteiger partial charge in [-0.25, -0.2) is 9.59 Å². The van der Waals surface area contributed by atoms with Gasteiger partial charge in [0.2, 0.25) is 0 Å². The highest BCUT2D eigenvalue weighted by Crippen LogP contribution is 2.24. The standard InChI is InChI=1S/C22H26N2O6/c1-5-29-20(25)19(23-21(26)30-22(2,3)4)13-15-9-11-16(12-10-15)17-7-6-8-18(14-17)24(27)28/h6-12,14,19H,5,13H2,1-4H3,(H,23,26). The van der Waals surface area contributed by atoms with Crippen LogP contribution >= 0.6 is 0 Å². The third-order valence-corrected chi connectivity index (χ3v) is 4.05. The largest absolute Gasteiger partial charge is 0.464 e. The molecule has 0 saturated carbocycles. The molecule has 0 radical (unpaired) electrons. The number of nitro benzene ring substituents is 1. The molecule has 2 aromatic rings. The average molecular weight is 414 g/mol. The molecule has 8 heteroatoms. The van der Waals surface area contributed by atoms with Gasteiger partial charge in [0.05, 0.1) is 11.5 Å². The van der Waals surface area contributed by atoms with E-state index >= 15 is 0 Å². The Balaban J connectivity index is 2.15. The Bertz CT molecular complexity index is 903. The number of rotatable bonds is 7. The molecule has 1 N–H and O–H groups in total. The maximum absolute atomic E-state index is 12.3. The molecule has 160 valence electrons. The first kappa shape index (κ1) is 22.9. The van der Waals surface area contributed by atoms with E-state index in [1.54, 1.807) is 52.0 Å². The summed E-state index contributed by atoms with van der Waals surface area (Å²) in [7, 11) is 0. The molecule has 1 amide bonds. The van der Waals surface area contributed by atoms with Crippen LogP contribution in [0, 0.1) is 10.1 Å². The summed E-state index contributed by atoms with van der Waals surface area (Å²) >= 11 is 0. The Hall–Kier alpha value is -3.42. The van der Waals surface area contributed by atoms with Gasteiger partial charge in [-0.1, -0.05) is 36.4 Å². The zero-order chi connectivity index (χ0) is 22.3. The topological polar surface area (TPSA) is 108 Å². The highest BCUT2D eigenvalue weighted by Gasteiger charge is 2.25. The second kappa shape index (κ2) is 9.87. The number of nitro groups is 1. The van der Waals surface area contributed by atoms with E-state index in [9.17, 15) is 19.7 Å². The molecule has 0 spiro atoms. The summed E-state index contributed by atoms with van der Waals surface area (Å²) in [4.78, 5) is 34.9. The lowest BCUT2D eigenvalue weighted by molar-refractivity contribution is -0.384. The summed E-state index contributed by atoms with van der Waals surface area (Å²) in [5, 5.41) is 13.5. The highest BCUT2D eigenvalue weighted by atomic mass is 16.6. The molecule has 8 nitrogen and oxygen atoms in total. The van der Waals surface area contributed by atoms with Crippen molar-refractivity contribution in [2.24, 2.45) is 0 Å². The van der Waals surface area contributed by atoms with Crippen LogP contribution in [-0.2, 0) is 20.7 Å². The molecule has 1 atom stereocenters. The van der Waals surface area contributed by atoms with Gasteiger partial charge >= 0.3 is 12.1 Å². The van der Waals surface area contributed by atoms with Crippen LogP contribution in [0.3, 0.4) is 0 Å². The number of ether oxygens (including phenoxy) is 2. The van der Waals surface area contributed by atoms with Crippen LogP contribution in [0.15, 0.2) is 48.5 Å². The van der Waals surface area contributed by atoms with Gasteiger partial charge in [0, 0.05) is 18.6 Å². The summed E-state index contributed by atoms with van der Waals surface area (Å²) in [5.41, 5.74) is 1.63. The highest BCUT2D eigenvalue weighted by molar-refractivity contribution is 5.81. The average Bonchev–Trinajstić information content (AvgIpc) is 2.67. The minimum Gasteiger partial charge on any atom is -0.464 e. The van der Waals surface area contributed by atoms with Crippen molar-refractivity contribution in [1.29, 1.82) is 0 Å². The molecule has 0 fully saturated rings. The van der Waals surface area contributed by atoms with Crippen LogP contribution in [0.4, 0.5) is 10.5 Å². The summed E-state index contributed by atoms with van der Waals surface area (Å²) in [5.74, 6) is -0.550. The molecule has 0 aliphatic rings. The molecule has 0 saturated heterocycles. The lowest BCUT2D eigenvalue weighted by Gasteiger charge is -2.23. The summed E-state index contributed by atoms with van der Waals surface area (Å²) in [6, 6.07) is 12.7.